The molecule has 0 aromatic heterocycles. The molecule has 1 unspecified atom stereocenters. The molecule has 1 atom stereocenters. The van der Waals surface area contributed by atoms with Gasteiger partial charge in [-0.1, -0.05) is 22.0 Å². The van der Waals surface area contributed by atoms with Crippen LogP contribution in [0.4, 0.5) is 0 Å². The molecule has 3 rings (SSSR count). The summed E-state index contributed by atoms with van der Waals surface area (Å²) in [4.78, 5) is 0. The number of aryl methyl sites for hydroxylation is 1. The minimum Gasteiger partial charge on any atom is -0.310 e. The Kier molecular flexibility index (Phi) is 3.03. The molecule has 1 saturated heterocycles. The molecule has 16 heavy (non-hydrogen) atoms. The van der Waals surface area contributed by atoms with E-state index in [1.807, 2.05) is 0 Å². The van der Waals surface area contributed by atoms with Crippen molar-refractivity contribution in [2.75, 3.05) is 6.54 Å². The van der Waals surface area contributed by atoms with Gasteiger partial charge in [0.15, 0.2) is 0 Å². The number of hydrogen-bond donors (Lipinski definition) is 1. The van der Waals surface area contributed by atoms with E-state index in [4.69, 9.17) is 0 Å². The molecule has 1 aliphatic heterocycles. The van der Waals surface area contributed by atoms with Crippen LogP contribution in [-0.2, 0) is 12.8 Å². The Morgan fingerprint density at radius 2 is 2.00 bits per heavy atom. The zero-order valence-electron chi connectivity index (χ0n) is 9.56. The lowest BCUT2D eigenvalue weighted by molar-refractivity contribution is 0.637. The van der Waals surface area contributed by atoms with Crippen LogP contribution in [0.2, 0.25) is 0 Å². The summed E-state index contributed by atoms with van der Waals surface area (Å²) < 4.78 is 1.34. The first-order valence-electron chi connectivity index (χ1n) is 6.39. The van der Waals surface area contributed by atoms with Crippen molar-refractivity contribution in [1.29, 1.82) is 0 Å². The SMILES string of the molecule is Brc1cc(C2CCCN2)cc2c1CCCC2. The van der Waals surface area contributed by atoms with Crippen LogP contribution in [0.1, 0.15) is 48.4 Å². The molecule has 2 aliphatic rings. The van der Waals surface area contributed by atoms with Crippen molar-refractivity contribution >= 4 is 15.9 Å². The minimum atomic E-state index is 0.600. The second-order valence-electron chi connectivity index (χ2n) is 5.00. The van der Waals surface area contributed by atoms with E-state index in [9.17, 15) is 0 Å². The summed E-state index contributed by atoms with van der Waals surface area (Å²) in [5, 5.41) is 3.59. The van der Waals surface area contributed by atoms with Gasteiger partial charge in [0.1, 0.15) is 0 Å². The number of hydrogen-bond acceptors (Lipinski definition) is 1. The summed E-state index contributed by atoms with van der Waals surface area (Å²) in [5.41, 5.74) is 4.64. The van der Waals surface area contributed by atoms with E-state index in [-0.39, 0.29) is 0 Å². The number of nitrogens with one attached hydrogen (secondary N) is 1. The molecule has 1 aliphatic carbocycles. The molecule has 1 aromatic carbocycles. The van der Waals surface area contributed by atoms with Crippen LogP contribution in [0.5, 0.6) is 0 Å². The molecule has 0 saturated carbocycles. The van der Waals surface area contributed by atoms with Crippen LogP contribution in [0.25, 0.3) is 0 Å². The van der Waals surface area contributed by atoms with Gasteiger partial charge in [-0.25, -0.2) is 0 Å². The highest BCUT2D eigenvalue weighted by Gasteiger charge is 2.20. The molecular formula is C14H18BrN. The lowest BCUT2D eigenvalue weighted by atomic mass is 9.89. The Morgan fingerprint density at radius 3 is 2.81 bits per heavy atom. The third-order valence-electron chi connectivity index (χ3n) is 3.90. The quantitative estimate of drug-likeness (QED) is 0.826. The average Bonchev–Trinajstić information content (AvgIpc) is 2.82. The molecule has 0 amide bonds. The Bertz CT molecular complexity index is 394. The third kappa shape index (κ3) is 1.93. The molecule has 1 nitrogen and oxygen atoms in total. The lowest BCUT2D eigenvalue weighted by Crippen LogP contribution is -2.14. The van der Waals surface area contributed by atoms with E-state index >= 15 is 0 Å². The summed E-state index contributed by atoms with van der Waals surface area (Å²) in [6.07, 6.45) is 7.86. The molecule has 0 radical (unpaired) electrons. The average molecular weight is 280 g/mol. The van der Waals surface area contributed by atoms with Crippen LogP contribution in [0, 0.1) is 0 Å². The van der Waals surface area contributed by atoms with Gasteiger partial charge in [0, 0.05) is 10.5 Å². The fourth-order valence-corrected chi connectivity index (χ4v) is 3.72. The second kappa shape index (κ2) is 4.50. The first-order valence-corrected chi connectivity index (χ1v) is 7.18. The maximum Gasteiger partial charge on any atom is 0.0321 e. The smallest absolute Gasteiger partial charge is 0.0321 e. The first kappa shape index (κ1) is 10.8. The highest BCUT2D eigenvalue weighted by Crippen LogP contribution is 2.33. The van der Waals surface area contributed by atoms with Crippen LogP contribution in [0.15, 0.2) is 16.6 Å². The van der Waals surface area contributed by atoms with Gasteiger partial charge in [-0.15, -0.1) is 0 Å². The Hall–Kier alpha value is -0.340. The Labute approximate surface area is 106 Å². The van der Waals surface area contributed by atoms with E-state index in [2.05, 4.69) is 33.4 Å². The minimum absolute atomic E-state index is 0.600. The van der Waals surface area contributed by atoms with Gasteiger partial charge in [0.05, 0.1) is 0 Å². The van der Waals surface area contributed by atoms with Gasteiger partial charge in [-0.3, -0.25) is 0 Å². The van der Waals surface area contributed by atoms with Crippen molar-refractivity contribution in [2.45, 2.75) is 44.6 Å². The summed E-state index contributed by atoms with van der Waals surface area (Å²) in [5.74, 6) is 0. The van der Waals surface area contributed by atoms with Crippen molar-refractivity contribution in [3.8, 4) is 0 Å². The number of benzene rings is 1. The predicted molar refractivity (Wildman–Crippen MR) is 70.8 cm³/mol. The van der Waals surface area contributed by atoms with E-state index in [0.29, 0.717) is 6.04 Å². The molecule has 1 fully saturated rings. The molecule has 1 N–H and O–H groups in total. The van der Waals surface area contributed by atoms with E-state index in [0.717, 1.165) is 0 Å². The summed E-state index contributed by atoms with van der Waals surface area (Å²) >= 11 is 3.75. The van der Waals surface area contributed by atoms with E-state index in [1.165, 1.54) is 55.1 Å². The van der Waals surface area contributed by atoms with Crippen LogP contribution in [-0.4, -0.2) is 6.54 Å². The molecule has 1 heterocycles. The van der Waals surface area contributed by atoms with Gasteiger partial charge in [-0.2, -0.15) is 0 Å². The van der Waals surface area contributed by atoms with Gasteiger partial charge in [0.25, 0.3) is 0 Å². The highest BCUT2D eigenvalue weighted by atomic mass is 79.9. The zero-order valence-corrected chi connectivity index (χ0v) is 11.1. The van der Waals surface area contributed by atoms with Crippen molar-refractivity contribution in [3.63, 3.8) is 0 Å². The Morgan fingerprint density at radius 1 is 1.12 bits per heavy atom. The van der Waals surface area contributed by atoms with Gasteiger partial charge < -0.3 is 5.32 Å². The van der Waals surface area contributed by atoms with Crippen molar-refractivity contribution in [2.24, 2.45) is 0 Å². The normalized spacial score (nSPS) is 24.4. The predicted octanol–water partition coefficient (Wildman–Crippen LogP) is 3.75. The summed E-state index contributed by atoms with van der Waals surface area (Å²) in [7, 11) is 0. The van der Waals surface area contributed by atoms with Crippen molar-refractivity contribution in [1.82, 2.24) is 5.32 Å². The molecular weight excluding hydrogens is 262 g/mol. The fraction of sp³-hybridized carbons (Fsp3) is 0.571. The summed E-state index contributed by atoms with van der Waals surface area (Å²) in [6, 6.07) is 5.39. The van der Waals surface area contributed by atoms with Crippen molar-refractivity contribution in [3.05, 3.63) is 33.3 Å². The zero-order chi connectivity index (χ0) is 11.0. The van der Waals surface area contributed by atoms with E-state index < -0.39 is 0 Å². The molecule has 1 aromatic rings. The number of fused-ring (bicyclic) bond motifs is 1. The third-order valence-corrected chi connectivity index (χ3v) is 4.60. The number of halogens is 1. The largest absolute Gasteiger partial charge is 0.310 e. The topological polar surface area (TPSA) is 12.0 Å². The molecule has 86 valence electrons. The summed E-state index contributed by atoms with van der Waals surface area (Å²) in [6.45, 7) is 1.18. The fourth-order valence-electron chi connectivity index (χ4n) is 3.01. The standard InChI is InChI=1S/C14H18BrN/c15-13-9-11(14-6-3-7-16-14)8-10-4-1-2-5-12(10)13/h8-9,14,16H,1-7H2. The van der Waals surface area contributed by atoms with Crippen LogP contribution >= 0.6 is 15.9 Å². The monoisotopic (exact) mass is 279 g/mol. The van der Waals surface area contributed by atoms with Gasteiger partial charge >= 0.3 is 0 Å². The van der Waals surface area contributed by atoms with Gasteiger partial charge in [0.2, 0.25) is 0 Å². The van der Waals surface area contributed by atoms with Crippen LogP contribution < -0.4 is 5.32 Å². The molecule has 0 spiro atoms. The number of rotatable bonds is 1. The van der Waals surface area contributed by atoms with Gasteiger partial charge in [-0.05, 0) is 67.8 Å². The van der Waals surface area contributed by atoms with Crippen molar-refractivity contribution < 1.29 is 0 Å². The second-order valence-corrected chi connectivity index (χ2v) is 5.85. The maximum absolute atomic E-state index is 3.75. The maximum atomic E-state index is 3.75. The van der Waals surface area contributed by atoms with E-state index in [1.54, 1.807) is 11.1 Å². The van der Waals surface area contributed by atoms with Crippen LogP contribution in [0.3, 0.4) is 0 Å². The lowest BCUT2D eigenvalue weighted by Gasteiger charge is -2.21. The first-order chi connectivity index (χ1) is 7.84. The Balaban J connectivity index is 1.97. The molecule has 2 heteroatoms. The highest BCUT2D eigenvalue weighted by molar-refractivity contribution is 9.10. The molecule has 0 bridgehead atoms.